The van der Waals surface area contributed by atoms with Crippen molar-refractivity contribution in [1.82, 2.24) is 5.32 Å². The van der Waals surface area contributed by atoms with Gasteiger partial charge in [0.2, 0.25) is 5.91 Å². The average molecular weight is 363 g/mol. The molecule has 138 valence electrons. The van der Waals surface area contributed by atoms with Crippen LogP contribution in [-0.2, 0) is 16.0 Å². The number of aliphatic imine (C=N–C) groups is 1. The summed E-state index contributed by atoms with van der Waals surface area (Å²) in [5.41, 5.74) is 3.58. The molecule has 0 radical (unpaired) electrons. The van der Waals surface area contributed by atoms with E-state index in [0.717, 1.165) is 21.6 Å². The third kappa shape index (κ3) is 4.11. The molecule has 0 aromatic heterocycles. The van der Waals surface area contributed by atoms with Gasteiger partial charge in [0.1, 0.15) is 0 Å². The highest BCUT2D eigenvalue weighted by Crippen LogP contribution is 2.23. The minimum Gasteiger partial charge on any atom is -0.296 e. The molecule has 3 rings (SSSR count). The molecule has 1 saturated heterocycles. The number of nitrogens with one attached hydrogen (secondary N) is 1. The van der Waals surface area contributed by atoms with Crippen molar-refractivity contribution < 1.29 is 14.4 Å². The van der Waals surface area contributed by atoms with Crippen LogP contribution in [0.15, 0.2) is 53.5 Å². The lowest BCUT2D eigenvalue weighted by atomic mass is 10.0. The predicted molar refractivity (Wildman–Crippen MR) is 104 cm³/mol. The standard InChI is InChI=1S/C21H21N3O3/c1-14-8-9-17(12-15(14)2)24-20(26)18(19(25)23-21(24)27)13-22-11-10-16-6-4-3-5-7-16/h3-9,12-13,18H,10-11H2,1-2H3,(H,23,25,27)/t18-/m1/s1. The third-order valence-electron chi connectivity index (χ3n) is 4.58. The molecule has 1 aliphatic rings. The molecule has 1 aliphatic heterocycles. The van der Waals surface area contributed by atoms with E-state index in [1.165, 1.54) is 6.21 Å². The summed E-state index contributed by atoms with van der Waals surface area (Å²) in [5, 5.41) is 2.24. The first-order chi connectivity index (χ1) is 13.0. The van der Waals surface area contributed by atoms with E-state index in [-0.39, 0.29) is 0 Å². The first-order valence-corrected chi connectivity index (χ1v) is 8.77. The molecule has 6 heteroatoms. The molecule has 0 saturated carbocycles. The van der Waals surface area contributed by atoms with Crippen LogP contribution in [0.3, 0.4) is 0 Å². The van der Waals surface area contributed by atoms with Crippen molar-refractivity contribution in [1.29, 1.82) is 0 Å². The van der Waals surface area contributed by atoms with Crippen molar-refractivity contribution in [2.75, 3.05) is 11.4 Å². The lowest BCUT2D eigenvalue weighted by Crippen LogP contribution is -2.58. The summed E-state index contributed by atoms with van der Waals surface area (Å²) in [4.78, 5) is 42.3. The number of benzene rings is 2. The second-order valence-electron chi connectivity index (χ2n) is 6.51. The van der Waals surface area contributed by atoms with Crippen LogP contribution in [0, 0.1) is 19.8 Å². The molecule has 27 heavy (non-hydrogen) atoms. The molecule has 1 heterocycles. The second-order valence-corrected chi connectivity index (χ2v) is 6.51. The van der Waals surface area contributed by atoms with Crippen molar-refractivity contribution in [2.24, 2.45) is 10.9 Å². The van der Waals surface area contributed by atoms with Gasteiger partial charge in [0.05, 0.1) is 5.69 Å². The van der Waals surface area contributed by atoms with Crippen molar-refractivity contribution in [3.63, 3.8) is 0 Å². The van der Waals surface area contributed by atoms with Crippen LogP contribution in [0.5, 0.6) is 0 Å². The van der Waals surface area contributed by atoms with Gasteiger partial charge in [0.15, 0.2) is 5.92 Å². The fourth-order valence-corrected chi connectivity index (χ4v) is 2.85. The number of nitrogens with zero attached hydrogens (tertiary/aromatic N) is 2. The van der Waals surface area contributed by atoms with E-state index in [0.29, 0.717) is 18.7 Å². The van der Waals surface area contributed by atoms with E-state index in [1.54, 1.807) is 12.1 Å². The van der Waals surface area contributed by atoms with Crippen LogP contribution in [0.4, 0.5) is 10.5 Å². The summed E-state index contributed by atoms with van der Waals surface area (Å²) in [6.45, 7) is 4.31. The molecule has 4 amide bonds. The van der Waals surface area contributed by atoms with Gasteiger partial charge in [-0.1, -0.05) is 36.4 Å². The van der Waals surface area contributed by atoms with E-state index in [1.807, 2.05) is 50.2 Å². The monoisotopic (exact) mass is 363 g/mol. The van der Waals surface area contributed by atoms with Gasteiger partial charge >= 0.3 is 6.03 Å². The predicted octanol–water partition coefficient (Wildman–Crippen LogP) is 2.82. The maximum absolute atomic E-state index is 12.8. The molecule has 1 N–H and O–H groups in total. The minimum absolute atomic E-state index is 0.441. The van der Waals surface area contributed by atoms with Gasteiger partial charge in [0.25, 0.3) is 5.91 Å². The van der Waals surface area contributed by atoms with Gasteiger partial charge in [0, 0.05) is 12.8 Å². The first kappa shape index (κ1) is 18.5. The summed E-state index contributed by atoms with van der Waals surface area (Å²) in [7, 11) is 0. The molecule has 2 aromatic carbocycles. The van der Waals surface area contributed by atoms with Gasteiger partial charge in [-0.25, -0.2) is 9.69 Å². The Bertz CT molecular complexity index is 906. The molecular weight excluding hydrogens is 342 g/mol. The summed E-state index contributed by atoms with van der Waals surface area (Å²) >= 11 is 0. The Morgan fingerprint density at radius 3 is 2.48 bits per heavy atom. The van der Waals surface area contributed by atoms with E-state index >= 15 is 0 Å². The maximum atomic E-state index is 12.8. The lowest BCUT2D eigenvalue weighted by Gasteiger charge is -2.28. The van der Waals surface area contributed by atoms with Crippen LogP contribution < -0.4 is 10.2 Å². The van der Waals surface area contributed by atoms with Crippen molar-refractivity contribution in [3.05, 3.63) is 65.2 Å². The SMILES string of the molecule is Cc1ccc(N2C(=O)NC(=O)[C@@H](C=NCCc3ccccc3)C2=O)cc1C. The Kier molecular flexibility index (Phi) is 5.45. The number of amides is 4. The second kappa shape index (κ2) is 7.95. The number of imide groups is 2. The fourth-order valence-electron chi connectivity index (χ4n) is 2.85. The molecule has 0 bridgehead atoms. The zero-order valence-corrected chi connectivity index (χ0v) is 15.3. The molecule has 0 spiro atoms. The number of aryl methyl sites for hydroxylation is 2. The lowest BCUT2D eigenvalue weighted by molar-refractivity contribution is -0.131. The van der Waals surface area contributed by atoms with Crippen molar-refractivity contribution in [3.8, 4) is 0 Å². The number of urea groups is 1. The largest absolute Gasteiger partial charge is 0.335 e. The Morgan fingerprint density at radius 2 is 1.78 bits per heavy atom. The van der Waals surface area contributed by atoms with Crippen LogP contribution in [-0.4, -0.2) is 30.6 Å². The molecular formula is C21H21N3O3. The van der Waals surface area contributed by atoms with Crippen molar-refractivity contribution >= 4 is 29.7 Å². The third-order valence-corrected chi connectivity index (χ3v) is 4.58. The summed E-state index contributed by atoms with van der Waals surface area (Å²) in [6.07, 6.45) is 2.04. The molecule has 2 aromatic rings. The Hall–Kier alpha value is -3.28. The molecule has 0 aliphatic carbocycles. The van der Waals surface area contributed by atoms with E-state index in [9.17, 15) is 14.4 Å². The summed E-state index contributed by atoms with van der Waals surface area (Å²) in [5.74, 6) is -2.34. The van der Waals surface area contributed by atoms with Gasteiger partial charge in [-0.05, 0) is 49.1 Å². The van der Waals surface area contributed by atoms with E-state index in [2.05, 4.69) is 10.3 Å². The molecule has 1 fully saturated rings. The van der Waals surface area contributed by atoms with Crippen LogP contribution in [0.1, 0.15) is 16.7 Å². The van der Waals surface area contributed by atoms with Crippen LogP contribution in [0.25, 0.3) is 0 Å². The number of anilines is 1. The van der Waals surface area contributed by atoms with Crippen LogP contribution in [0.2, 0.25) is 0 Å². The number of hydrogen-bond donors (Lipinski definition) is 1. The Morgan fingerprint density at radius 1 is 1.04 bits per heavy atom. The van der Waals surface area contributed by atoms with Gasteiger partial charge < -0.3 is 0 Å². The minimum atomic E-state index is -1.11. The quantitative estimate of drug-likeness (QED) is 0.655. The highest BCUT2D eigenvalue weighted by molar-refractivity contribution is 6.32. The average Bonchev–Trinajstić information content (AvgIpc) is 2.64. The normalized spacial score (nSPS) is 17.5. The first-order valence-electron chi connectivity index (χ1n) is 8.77. The zero-order valence-electron chi connectivity index (χ0n) is 15.3. The highest BCUT2D eigenvalue weighted by Gasteiger charge is 2.40. The highest BCUT2D eigenvalue weighted by atomic mass is 16.2. The smallest absolute Gasteiger partial charge is 0.296 e. The Balaban J connectivity index is 1.74. The number of hydrogen-bond acceptors (Lipinski definition) is 4. The van der Waals surface area contributed by atoms with Crippen LogP contribution >= 0.6 is 0 Å². The molecule has 6 nitrogen and oxygen atoms in total. The van der Waals surface area contributed by atoms with E-state index in [4.69, 9.17) is 0 Å². The number of carbonyl (C=O) groups excluding carboxylic acids is 3. The van der Waals surface area contributed by atoms with Crippen molar-refractivity contribution in [2.45, 2.75) is 20.3 Å². The number of rotatable bonds is 5. The van der Waals surface area contributed by atoms with E-state index < -0.39 is 23.8 Å². The number of carbonyl (C=O) groups is 3. The van der Waals surface area contributed by atoms with Gasteiger partial charge in [-0.3, -0.25) is 19.9 Å². The Labute approximate surface area is 157 Å². The zero-order chi connectivity index (χ0) is 19.4. The topological polar surface area (TPSA) is 78.8 Å². The number of barbiturate groups is 1. The summed E-state index contributed by atoms with van der Waals surface area (Å²) in [6, 6.07) is 14.4. The summed E-state index contributed by atoms with van der Waals surface area (Å²) < 4.78 is 0. The molecule has 1 atom stereocenters. The molecule has 0 unspecified atom stereocenters. The van der Waals surface area contributed by atoms with Gasteiger partial charge in [-0.2, -0.15) is 0 Å². The fraction of sp³-hybridized carbons (Fsp3) is 0.238. The van der Waals surface area contributed by atoms with Gasteiger partial charge in [-0.15, -0.1) is 0 Å². The maximum Gasteiger partial charge on any atom is 0.335 e.